The number of rotatable bonds is 7. The van der Waals surface area contributed by atoms with Crippen LogP contribution < -0.4 is 10.1 Å². The Morgan fingerprint density at radius 1 is 1.10 bits per heavy atom. The SMILES string of the molecule is CCCNCc1cc(F)cc(OCc2ccccc2F)c1. The predicted molar refractivity (Wildman–Crippen MR) is 79.1 cm³/mol. The molecule has 2 rings (SSSR count). The second kappa shape index (κ2) is 7.74. The fourth-order valence-electron chi connectivity index (χ4n) is 1.99. The Labute approximate surface area is 123 Å². The van der Waals surface area contributed by atoms with Crippen molar-refractivity contribution < 1.29 is 13.5 Å². The van der Waals surface area contributed by atoms with Crippen LogP contribution in [0.3, 0.4) is 0 Å². The summed E-state index contributed by atoms with van der Waals surface area (Å²) in [7, 11) is 0. The monoisotopic (exact) mass is 291 g/mol. The maximum atomic E-state index is 13.6. The first-order valence-electron chi connectivity index (χ1n) is 7.05. The van der Waals surface area contributed by atoms with Gasteiger partial charge in [-0.15, -0.1) is 0 Å². The van der Waals surface area contributed by atoms with Gasteiger partial charge in [0.25, 0.3) is 0 Å². The van der Waals surface area contributed by atoms with Crippen LogP contribution in [0.4, 0.5) is 8.78 Å². The highest BCUT2D eigenvalue weighted by molar-refractivity contribution is 5.30. The molecule has 2 aromatic rings. The molecule has 1 N–H and O–H groups in total. The van der Waals surface area contributed by atoms with E-state index in [0.717, 1.165) is 18.5 Å². The van der Waals surface area contributed by atoms with Gasteiger partial charge in [0.1, 0.15) is 24.0 Å². The van der Waals surface area contributed by atoms with E-state index in [-0.39, 0.29) is 18.2 Å². The molecule has 0 fully saturated rings. The average Bonchev–Trinajstić information content (AvgIpc) is 2.46. The molecule has 0 saturated carbocycles. The summed E-state index contributed by atoms with van der Waals surface area (Å²) in [6, 6.07) is 10.9. The van der Waals surface area contributed by atoms with E-state index < -0.39 is 0 Å². The van der Waals surface area contributed by atoms with Crippen LogP contribution in [0.1, 0.15) is 24.5 Å². The molecule has 0 bridgehead atoms. The van der Waals surface area contributed by atoms with Crippen molar-refractivity contribution in [1.29, 1.82) is 0 Å². The molecular formula is C17H19F2NO. The van der Waals surface area contributed by atoms with Crippen LogP contribution in [-0.2, 0) is 13.2 Å². The normalized spacial score (nSPS) is 10.6. The molecule has 21 heavy (non-hydrogen) atoms. The molecule has 0 heterocycles. The number of benzene rings is 2. The number of nitrogens with one attached hydrogen (secondary N) is 1. The van der Waals surface area contributed by atoms with Crippen LogP contribution in [0.15, 0.2) is 42.5 Å². The predicted octanol–water partition coefficient (Wildman–Crippen LogP) is 4.04. The summed E-state index contributed by atoms with van der Waals surface area (Å²) in [5.74, 6) is -0.264. The zero-order valence-electron chi connectivity index (χ0n) is 12.0. The lowest BCUT2D eigenvalue weighted by atomic mass is 10.2. The van der Waals surface area contributed by atoms with E-state index in [0.29, 0.717) is 17.9 Å². The number of halogens is 2. The van der Waals surface area contributed by atoms with Crippen LogP contribution >= 0.6 is 0 Å². The molecule has 2 nitrogen and oxygen atoms in total. The van der Waals surface area contributed by atoms with Gasteiger partial charge < -0.3 is 10.1 Å². The van der Waals surface area contributed by atoms with Crippen LogP contribution in [0, 0.1) is 11.6 Å². The Bertz CT molecular complexity index is 587. The zero-order chi connectivity index (χ0) is 15.1. The van der Waals surface area contributed by atoms with Gasteiger partial charge in [-0.25, -0.2) is 8.78 Å². The summed E-state index contributed by atoms with van der Waals surface area (Å²) in [6.45, 7) is 3.61. The van der Waals surface area contributed by atoms with E-state index in [4.69, 9.17) is 4.74 Å². The summed E-state index contributed by atoms with van der Waals surface area (Å²) in [5.41, 5.74) is 1.26. The molecule has 0 saturated heterocycles. The van der Waals surface area contributed by atoms with Gasteiger partial charge in [0, 0.05) is 18.2 Å². The first-order chi connectivity index (χ1) is 10.2. The van der Waals surface area contributed by atoms with Crippen LogP contribution in [0.25, 0.3) is 0 Å². The van der Waals surface area contributed by atoms with Crippen molar-refractivity contribution >= 4 is 0 Å². The first-order valence-corrected chi connectivity index (χ1v) is 7.05. The Hall–Kier alpha value is -1.94. The summed E-state index contributed by atoms with van der Waals surface area (Å²) < 4.78 is 32.5. The van der Waals surface area contributed by atoms with Gasteiger partial charge in [0.15, 0.2) is 0 Å². The topological polar surface area (TPSA) is 21.3 Å². The fraction of sp³-hybridized carbons (Fsp3) is 0.294. The minimum atomic E-state index is -0.352. The molecule has 112 valence electrons. The second-order valence-corrected chi connectivity index (χ2v) is 4.85. The smallest absolute Gasteiger partial charge is 0.129 e. The summed E-state index contributed by atoms with van der Waals surface area (Å²) in [6.07, 6.45) is 1.02. The Balaban J connectivity index is 2.01. The lowest BCUT2D eigenvalue weighted by Gasteiger charge is -2.10. The van der Waals surface area contributed by atoms with Crippen molar-refractivity contribution in [2.45, 2.75) is 26.5 Å². The number of hydrogen-bond acceptors (Lipinski definition) is 2. The molecule has 0 aliphatic rings. The van der Waals surface area contributed by atoms with Gasteiger partial charge in [-0.2, -0.15) is 0 Å². The number of hydrogen-bond donors (Lipinski definition) is 1. The minimum Gasteiger partial charge on any atom is -0.489 e. The third kappa shape index (κ3) is 4.83. The van der Waals surface area contributed by atoms with Crippen molar-refractivity contribution in [3.8, 4) is 5.75 Å². The van der Waals surface area contributed by atoms with E-state index in [1.165, 1.54) is 18.2 Å². The van der Waals surface area contributed by atoms with E-state index in [1.807, 2.05) is 0 Å². The molecule has 0 amide bonds. The van der Waals surface area contributed by atoms with Gasteiger partial charge >= 0.3 is 0 Å². The van der Waals surface area contributed by atoms with Crippen molar-refractivity contribution in [1.82, 2.24) is 5.32 Å². The van der Waals surface area contributed by atoms with E-state index >= 15 is 0 Å². The van der Waals surface area contributed by atoms with E-state index in [2.05, 4.69) is 12.2 Å². The summed E-state index contributed by atoms with van der Waals surface area (Å²) in [4.78, 5) is 0. The lowest BCUT2D eigenvalue weighted by Crippen LogP contribution is -2.14. The third-order valence-corrected chi connectivity index (χ3v) is 3.04. The van der Waals surface area contributed by atoms with Crippen molar-refractivity contribution in [2.24, 2.45) is 0 Å². The fourth-order valence-corrected chi connectivity index (χ4v) is 1.99. The quantitative estimate of drug-likeness (QED) is 0.777. The van der Waals surface area contributed by atoms with Gasteiger partial charge in [0.2, 0.25) is 0 Å². The summed E-state index contributed by atoms with van der Waals surface area (Å²) >= 11 is 0. The van der Waals surface area contributed by atoms with Crippen molar-refractivity contribution in [2.75, 3.05) is 6.54 Å². The molecule has 4 heteroatoms. The van der Waals surface area contributed by atoms with Gasteiger partial charge in [-0.05, 0) is 36.7 Å². The van der Waals surface area contributed by atoms with E-state index in [1.54, 1.807) is 24.3 Å². The largest absolute Gasteiger partial charge is 0.489 e. The maximum absolute atomic E-state index is 13.6. The highest BCUT2D eigenvalue weighted by Crippen LogP contribution is 2.18. The summed E-state index contributed by atoms with van der Waals surface area (Å²) in [5, 5.41) is 3.21. The van der Waals surface area contributed by atoms with Crippen LogP contribution in [-0.4, -0.2) is 6.54 Å². The molecule has 0 atom stereocenters. The third-order valence-electron chi connectivity index (χ3n) is 3.04. The second-order valence-electron chi connectivity index (χ2n) is 4.85. The minimum absolute atomic E-state index is 0.0813. The molecule has 0 spiro atoms. The highest BCUT2D eigenvalue weighted by atomic mass is 19.1. The van der Waals surface area contributed by atoms with Crippen LogP contribution in [0.2, 0.25) is 0 Å². The van der Waals surface area contributed by atoms with Gasteiger partial charge in [0.05, 0.1) is 0 Å². The molecule has 0 aliphatic heterocycles. The standard InChI is InChI=1S/C17H19F2NO/c1-2-7-20-11-13-8-15(18)10-16(9-13)21-12-14-5-3-4-6-17(14)19/h3-6,8-10,20H,2,7,11-12H2,1H3. The maximum Gasteiger partial charge on any atom is 0.129 e. The molecule has 0 unspecified atom stereocenters. The first kappa shape index (κ1) is 15.4. The van der Waals surface area contributed by atoms with Crippen LogP contribution in [0.5, 0.6) is 5.75 Å². The molecule has 0 aromatic heterocycles. The average molecular weight is 291 g/mol. The lowest BCUT2D eigenvalue weighted by molar-refractivity contribution is 0.298. The Morgan fingerprint density at radius 3 is 2.67 bits per heavy atom. The molecule has 0 aliphatic carbocycles. The van der Waals surface area contributed by atoms with Gasteiger partial charge in [-0.1, -0.05) is 25.1 Å². The van der Waals surface area contributed by atoms with E-state index in [9.17, 15) is 8.78 Å². The molecule has 2 aromatic carbocycles. The molecule has 0 radical (unpaired) electrons. The van der Waals surface area contributed by atoms with Gasteiger partial charge in [-0.3, -0.25) is 0 Å². The van der Waals surface area contributed by atoms with Crippen molar-refractivity contribution in [3.05, 3.63) is 65.2 Å². The molecular weight excluding hydrogens is 272 g/mol. The Kier molecular flexibility index (Phi) is 5.69. The number of ether oxygens (including phenoxy) is 1. The Morgan fingerprint density at radius 2 is 1.90 bits per heavy atom. The highest BCUT2D eigenvalue weighted by Gasteiger charge is 2.05. The van der Waals surface area contributed by atoms with Crippen molar-refractivity contribution in [3.63, 3.8) is 0 Å². The zero-order valence-corrected chi connectivity index (χ0v) is 12.0.